The van der Waals surface area contributed by atoms with Crippen LogP contribution in [-0.4, -0.2) is 42.3 Å². The summed E-state index contributed by atoms with van der Waals surface area (Å²) in [5.41, 5.74) is 1.90. The van der Waals surface area contributed by atoms with Crippen LogP contribution in [0.25, 0.3) is 0 Å². The van der Waals surface area contributed by atoms with Gasteiger partial charge in [0.05, 0.1) is 6.54 Å². The van der Waals surface area contributed by atoms with Gasteiger partial charge in [0.15, 0.2) is 5.78 Å². The Morgan fingerprint density at radius 3 is 2.65 bits per heavy atom. The highest BCUT2D eigenvalue weighted by Gasteiger charge is 2.15. The van der Waals surface area contributed by atoms with Crippen LogP contribution in [0.3, 0.4) is 0 Å². The van der Waals surface area contributed by atoms with Gasteiger partial charge in [0, 0.05) is 17.4 Å². The van der Waals surface area contributed by atoms with Crippen LogP contribution in [0.5, 0.6) is 0 Å². The van der Waals surface area contributed by atoms with Crippen LogP contribution in [0.2, 0.25) is 0 Å². The van der Waals surface area contributed by atoms with Crippen molar-refractivity contribution in [1.29, 1.82) is 0 Å². The van der Waals surface area contributed by atoms with Gasteiger partial charge >= 0.3 is 0 Å². The van der Waals surface area contributed by atoms with E-state index < -0.39 is 0 Å². The molecule has 0 saturated heterocycles. The van der Waals surface area contributed by atoms with Crippen molar-refractivity contribution in [3.63, 3.8) is 0 Å². The summed E-state index contributed by atoms with van der Waals surface area (Å²) >= 11 is 1.81. The third-order valence-electron chi connectivity index (χ3n) is 3.00. The molecular weight excluding hydrogens is 230 g/mol. The maximum atomic E-state index is 12.1. The minimum absolute atomic E-state index is 0.207. The van der Waals surface area contributed by atoms with Gasteiger partial charge in [-0.05, 0) is 32.7 Å². The zero-order valence-electron chi connectivity index (χ0n) is 11.1. The molecule has 0 spiro atoms. The Bertz CT molecular complexity index is 378. The van der Waals surface area contributed by atoms with Crippen molar-refractivity contribution in [2.45, 2.75) is 19.9 Å². The minimum Gasteiger partial charge on any atom is -0.295 e. The Labute approximate surface area is 108 Å². The van der Waals surface area contributed by atoms with Crippen LogP contribution in [0.1, 0.15) is 22.8 Å². The molecule has 0 amide bonds. The first-order chi connectivity index (χ1) is 8.06. The molecule has 1 rings (SSSR count). The van der Waals surface area contributed by atoms with Crippen LogP contribution < -0.4 is 0 Å². The number of ketones is 1. The summed E-state index contributed by atoms with van der Waals surface area (Å²) in [5, 5.41) is 0. The molecule has 1 aromatic rings. The number of nitrogens with zero attached hydrogens (tertiary/aromatic N) is 1. The first-order valence-electron chi connectivity index (χ1n) is 5.84. The lowest BCUT2D eigenvalue weighted by molar-refractivity contribution is 0.0930. The van der Waals surface area contributed by atoms with E-state index in [4.69, 9.17) is 0 Å². The monoisotopic (exact) mass is 251 g/mol. The van der Waals surface area contributed by atoms with Gasteiger partial charge in [-0.15, -0.1) is 0 Å². The van der Waals surface area contributed by atoms with E-state index in [1.165, 1.54) is 0 Å². The second-order valence-corrected chi connectivity index (χ2v) is 5.37. The third-order valence-corrected chi connectivity index (χ3v) is 3.81. The van der Waals surface area contributed by atoms with Crippen LogP contribution in [0.15, 0.2) is 24.3 Å². The summed E-state index contributed by atoms with van der Waals surface area (Å²) in [5.74, 6) is 1.26. The molecule has 1 aromatic carbocycles. The molecule has 2 nitrogen and oxygen atoms in total. The molecule has 0 aliphatic rings. The second kappa shape index (κ2) is 6.82. The zero-order chi connectivity index (χ0) is 12.8. The number of aryl methyl sites for hydroxylation is 1. The summed E-state index contributed by atoms with van der Waals surface area (Å²) in [4.78, 5) is 14.3. The molecule has 0 fully saturated rings. The van der Waals surface area contributed by atoms with Crippen molar-refractivity contribution in [3.8, 4) is 0 Å². The predicted octanol–water partition coefficient (Wildman–Crippen LogP) is 2.86. The molecule has 0 saturated carbocycles. The van der Waals surface area contributed by atoms with Gasteiger partial charge in [-0.2, -0.15) is 11.8 Å². The van der Waals surface area contributed by atoms with Crippen molar-refractivity contribution in [2.75, 3.05) is 25.6 Å². The lowest BCUT2D eigenvalue weighted by Gasteiger charge is -2.23. The maximum Gasteiger partial charge on any atom is 0.177 e. The highest BCUT2D eigenvalue weighted by atomic mass is 32.2. The number of carbonyl (C=O) groups is 1. The van der Waals surface area contributed by atoms with E-state index in [1.54, 1.807) is 0 Å². The number of benzene rings is 1. The van der Waals surface area contributed by atoms with Crippen LogP contribution in [0.4, 0.5) is 0 Å². The van der Waals surface area contributed by atoms with Gasteiger partial charge in [-0.1, -0.05) is 24.3 Å². The first kappa shape index (κ1) is 14.3. The van der Waals surface area contributed by atoms with E-state index in [9.17, 15) is 4.79 Å². The quantitative estimate of drug-likeness (QED) is 0.725. The highest BCUT2D eigenvalue weighted by molar-refractivity contribution is 7.98. The molecule has 0 aliphatic heterocycles. The molecule has 0 heterocycles. The Hall–Kier alpha value is -0.800. The van der Waals surface area contributed by atoms with E-state index >= 15 is 0 Å². The van der Waals surface area contributed by atoms with Crippen molar-refractivity contribution >= 4 is 17.5 Å². The fourth-order valence-corrected chi connectivity index (χ4v) is 2.46. The number of hydrogen-bond acceptors (Lipinski definition) is 3. The van der Waals surface area contributed by atoms with E-state index in [0.29, 0.717) is 12.6 Å². The Morgan fingerprint density at radius 1 is 1.41 bits per heavy atom. The van der Waals surface area contributed by atoms with E-state index in [0.717, 1.165) is 16.9 Å². The fourth-order valence-electron chi connectivity index (χ4n) is 1.72. The number of hydrogen-bond donors (Lipinski definition) is 0. The molecule has 3 heteroatoms. The standard InChI is InChI=1S/C14H21NOS/c1-11-7-5-6-8-13(11)14(16)9-15(3)12(2)10-17-4/h5-8,12H,9-10H2,1-4H3. The van der Waals surface area contributed by atoms with Crippen LogP contribution >= 0.6 is 11.8 Å². The molecule has 1 atom stereocenters. The normalized spacial score (nSPS) is 12.8. The van der Waals surface area contributed by atoms with Gasteiger partial charge in [0.1, 0.15) is 0 Å². The van der Waals surface area contributed by atoms with Crippen LogP contribution in [-0.2, 0) is 0 Å². The molecule has 0 aliphatic carbocycles. The summed E-state index contributed by atoms with van der Waals surface area (Å²) in [6.45, 7) is 4.63. The number of Topliss-reactive ketones (excluding diaryl/α,β-unsaturated/α-hetero) is 1. The predicted molar refractivity (Wildman–Crippen MR) is 76.0 cm³/mol. The van der Waals surface area contributed by atoms with Crippen molar-refractivity contribution < 1.29 is 4.79 Å². The zero-order valence-corrected chi connectivity index (χ0v) is 11.9. The van der Waals surface area contributed by atoms with Crippen molar-refractivity contribution in [2.24, 2.45) is 0 Å². The van der Waals surface area contributed by atoms with Crippen LogP contribution in [0, 0.1) is 6.92 Å². The Kier molecular flexibility index (Phi) is 5.72. The molecule has 0 aromatic heterocycles. The lowest BCUT2D eigenvalue weighted by Crippen LogP contribution is -2.35. The molecule has 0 bridgehead atoms. The lowest BCUT2D eigenvalue weighted by atomic mass is 10.0. The topological polar surface area (TPSA) is 20.3 Å². The van der Waals surface area contributed by atoms with E-state index in [2.05, 4.69) is 18.1 Å². The number of rotatable bonds is 6. The molecule has 0 N–H and O–H groups in total. The summed E-state index contributed by atoms with van der Waals surface area (Å²) in [6, 6.07) is 8.21. The smallest absolute Gasteiger partial charge is 0.177 e. The van der Waals surface area contributed by atoms with E-state index in [1.807, 2.05) is 50.0 Å². The molecule has 17 heavy (non-hydrogen) atoms. The van der Waals surface area contributed by atoms with Crippen molar-refractivity contribution in [3.05, 3.63) is 35.4 Å². The van der Waals surface area contributed by atoms with Gasteiger partial charge < -0.3 is 0 Å². The highest BCUT2D eigenvalue weighted by Crippen LogP contribution is 2.10. The minimum atomic E-state index is 0.207. The maximum absolute atomic E-state index is 12.1. The molecular formula is C14H21NOS. The fraction of sp³-hybridized carbons (Fsp3) is 0.500. The summed E-state index contributed by atoms with van der Waals surface area (Å²) in [6.07, 6.45) is 2.09. The summed E-state index contributed by atoms with van der Waals surface area (Å²) < 4.78 is 0. The molecule has 1 unspecified atom stereocenters. The van der Waals surface area contributed by atoms with Crippen molar-refractivity contribution in [1.82, 2.24) is 4.90 Å². The number of thioether (sulfide) groups is 1. The average molecular weight is 251 g/mol. The van der Waals surface area contributed by atoms with Gasteiger partial charge in [0.2, 0.25) is 0 Å². The Morgan fingerprint density at radius 2 is 2.06 bits per heavy atom. The second-order valence-electron chi connectivity index (χ2n) is 4.46. The summed E-state index contributed by atoms with van der Waals surface area (Å²) in [7, 11) is 2.01. The van der Waals surface area contributed by atoms with Gasteiger partial charge in [-0.3, -0.25) is 9.69 Å². The number of carbonyl (C=O) groups excluding carboxylic acids is 1. The largest absolute Gasteiger partial charge is 0.295 e. The van der Waals surface area contributed by atoms with Gasteiger partial charge in [-0.25, -0.2) is 0 Å². The van der Waals surface area contributed by atoms with Gasteiger partial charge in [0.25, 0.3) is 0 Å². The van der Waals surface area contributed by atoms with E-state index in [-0.39, 0.29) is 5.78 Å². The molecule has 0 radical (unpaired) electrons. The Balaban J connectivity index is 2.64. The third kappa shape index (κ3) is 4.17. The number of likely N-dealkylation sites (N-methyl/N-ethyl adjacent to an activating group) is 1. The molecule has 94 valence electrons. The SMILES string of the molecule is CSCC(C)N(C)CC(=O)c1ccccc1C. The first-order valence-corrected chi connectivity index (χ1v) is 7.23. The average Bonchev–Trinajstić information content (AvgIpc) is 2.29.